The minimum absolute atomic E-state index is 0.0496. The lowest BCUT2D eigenvalue weighted by Gasteiger charge is -2.46. The van der Waals surface area contributed by atoms with Gasteiger partial charge in [0.05, 0.1) is 12.2 Å². The van der Waals surface area contributed by atoms with Crippen LogP contribution in [0.3, 0.4) is 0 Å². The second kappa shape index (κ2) is 7.70. The molecular formula is C19H33BrFNO. The number of alkyl halides is 2. The zero-order valence-electron chi connectivity index (χ0n) is 14.8. The van der Waals surface area contributed by atoms with Gasteiger partial charge in [-0.1, -0.05) is 15.9 Å². The smallest absolute Gasteiger partial charge is 0.100 e. The molecule has 4 heteroatoms. The quantitative estimate of drug-likeness (QED) is 0.625. The Labute approximate surface area is 149 Å². The molecule has 0 aromatic heterocycles. The van der Waals surface area contributed by atoms with E-state index in [2.05, 4.69) is 34.9 Å². The maximum absolute atomic E-state index is 13.7. The molecule has 1 heterocycles. The summed E-state index contributed by atoms with van der Waals surface area (Å²) in [7, 11) is 4.30. The van der Waals surface area contributed by atoms with Crippen molar-refractivity contribution in [3.05, 3.63) is 0 Å². The highest BCUT2D eigenvalue weighted by Gasteiger charge is 2.55. The van der Waals surface area contributed by atoms with Crippen molar-refractivity contribution in [2.45, 2.75) is 74.4 Å². The monoisotopic (exact) mass is 389 g/mol. The van der Waals surface area contributed by atoms with Crippen molar-refractivity contribution in [3.63, 3.8) is 0 Å². The van der Waals surface area contributed by atoms with Crippen molar-refractivity contribution < 1.29 is 9.13 Å². The van der Waals surface area contributed by atoms with Gasteiger partial charge in [0.2, 0.25) is 0 Å². The molecule has 0 bridgehead atoms. The van der Waals surface area contributed by atoms with Gasteiger partial charge < -0.3 is 9.64 Å². The van der Waals surface area contributed by atoms with E-state index < -0.39 is 6.17 Å². The Kier molecular flexibility index (Phi) is 6.07. The predicted octanol–water partition coefficient (Wildman–Crippen LogP) is 4.81. The summed E-state index contributed by atoms with van der Waals surface area (Å²) in [6, 6.07) is 0. The van der Waals surface area contributed by atoms with Crippen LogP contribution in [0.2, 0.25) is 0 Å². The van der Waals surface area contributed by atoms with Gasteiger partial charge in [-0.05, 0) is 96.2 Å². The first-order chi connectivity index (χ1) is 11.0. The van der Waals surface area contributed by atoms with Crippen LogP contribution in [0.5, 0.6) is 0 Å². The van der Waals surface area contributed by atoms with Crippen LogP contribution in [0.15, 0.2) is 0 Å². The summed E-state index contributed by atoms with van der Waals surface area (Å²) in [4.78, 5) is 2.94. The van der Waals surface area contributed by atoms with E-state index in [1.165, 1.54) is 32.1 Å². The highest BCUT2D eigenvalue weighted by Crippen LogP contribution is 2.54. The van der Waals surface area contributed by atoms with E-state index in [1.54, 1.807) is 0 Å². The van der Waals surface area contributed by atoms with Crippen molar-refractivity contribution >= 4 is 15.9 Å². The third-order valence-electron chi connectivity index (χ3n) is 6.63. The molecule has 4 atom stereocenters. The standard InChI is InChI=1S/C19H33BrFNO/c1-22(2)11-3-10-19(15-4-7-17(21)8-5-15)18-9-6-16(20)12-14(18)13-23-19/h14-18H,3-13H2,1-2H3. The number of halogens is 2. The lowest BCUT2D eigenvalue weighted by atomic mass is 9.63. The fraction of sp³-hybridized carbons (Fsp3) is 1.00. The third kappa shape index (κ3) is 3.95. The maximum atomic E-state index is 13.7. The molecule has 23 heavy (non-hydrogen) atoms. The Morgan fingerprint density at radius 2 is 1.87 bits per heavy atom. The summed E-state index contributed by atoms with van der Waals surface area (Å²) in [6.07, 6.45) is 9.19. The minimum atomic E-state index is -0.569. The maximum Gasteiger partial charge on any atom is 0.100 e. The highest BCUT2D eigenvalue weighted by molar-refractivity contribution is 9.09. The average Bonchev–Trinajstić information content (AvgIpc) is 2.87. The molecule has 3 fully saturated rings. The second-order valence-electron chi connectivity index (χ2n) is 8.40. The SMILES string of the molecule is CN(C)CCCC1(C2CCC(F)CC2)OCC2CC(Br)CCC21. The summed E-state index contributed by atoms with van der Waals surface area (Å²) in [5.41, 5.74) is 0.0496. The van der Waals surface area contributed by atoms with Gasteiger partial charge in [0.1, 0.15) is 6.17 Å². The van der Waals surface area contributed by atoms with Crippen molar-refractivity contribution in [1.29, 1.82) is 0 Å². The fourth-order valence-corrected chi connectivity index (χ4v) is 6.24. The van der Waals surface area contributed by atoms with Gasteiger partial charge in [-0.2, -0.15) is 0 Å². The van der Waals surface area contributed by atoms with Crippen LogP contribution >= 0.6 is 15.9 Å². The van der Waals surface area contributed by atoms with Crippen LogP contribution in [0.4, 0.5) is 4.39 Å². The van der Waals surface area contributed by atoms with E-state index in [1.807, 2.05) is 0 Å². The van der Waals surface area contributed by atoms with Gasteiger partial charge in [0.15, 0.2) is 0 Å². The van der Waals surface area contributed by atoms with E-state index in [4.69, 9.17) is 4.74 Å². The van der Waals surface area contributed by atoms with Crippen LogP contribution in [-0.2, 0) is 4.74 Å². The van der Waals surface area contributed by atoms with Gasteiger partial charge >= 0.3 is 0 Å². The molecule has 0 N–H and O–H groups in total. The van der Waals surface area contributed by atoms with Crippen molar-refractivity contribution in [3.8, 4) is 0 Å². The van der Waals surface area contributed by atoms with Gasteiger partial charge in [0.25, 0.3) is 0 Å². The van der Waals surface area contributed by atoms with Crippen molar-refractivity contribution in [2.24, 2.45) is 17.8 Å². The van der Waals surface area contributed by atoms with Gasteiger partial charge in [-0.3, -0.25) is 0 Å². The van der Waals surface area contributed by atoms with Crippen LogP contribution in [0.25, 0.3) is 0 Å². The van der Waals surface area contributed by atoms with E-state index in [9.17, 15) is 4.39 Å². The minimum Gasteiger partial charge on any atom is -0.374 e. The molecule has 2 saturated carbocycles. The Morgan fingerprint density at radius 3 is 2.57 bits per heavy atom. The number of hydrogen-bond acceptors (Lipinski definition) is 2. The molecule has 2 aliphatic carbocycles. The predicted molar refractivity (Wildman–Crippen MR) is 96.9 cm³/mol. The summed E-state index contributed by atoms with van der Waals surface area (Å²) in [6.45, 7) is 2.06. The van der Waals surface area contributed by atoms with E-state index in [0.29, 0.717) is 16.7 Å². The lowest BCUT2D eigenvalue weighted by Crippen LogP contribution is -2.47. The summed E-state index contributed by atoms with van der Waals surface area (Å²) in [5.74, 6) is 2.01. The van der Waals surface area contributed by atoms with Gasteiger partial charge in [-0.15, -0.1) is 0 Å². The van der Waals surface area contributed by atoms with Crippen molar-refractivity contribution in [2.75, 3.05) is 27.2 Å². The normalized spacial score (nSPS) is 44.5. The molecule has 134 valence electrons. The van der Waals surface area contributed by atoms with E-state index in [0.717, 1.165) is 44.8 Å². The first-order valence-electron chi connectivity index (χ1n) is 9.58. The first-order valence-corrected chi connectivity index (χ1v) is 10.5. The average molecular weight is 390 g/mol. The molecule has 0 aromatic carbocycles. The Bertz CT molecular complexity index is 386. The Hall–Kier alpha value is 0.330. The molecule has 2 nitrogen and oxygen atoms in total. The molecule has 0 aromatic rings. The number of fused-ring (bicyclic) bond motifs is 1. The van der Waals surface area contributed by atoms with Gasteiger partial charge in [-0.25, -0.2) is 4.39 Å². The molecule has 3 aliphatic rings. The highest BCUT2D eigenvalue weighted by atomic mass is 79.9. The lowest BCUT2D eigenvalue weighted by molar-refractivity contribution is -0.0946. The van der Waals surface area contributed by atoms with Crippen molar-refractivity contribution in [1.82, 2.24) is 4.90 Å². The number of hydrogen-bond donors (Lipinski definition) is 0. The zero-order valence-corrected chi connectivity index (χ0v) is 16.4. The fourth-order valence-electron chi connectivity index (χ4n) is 5.50. The number of ether oxygens (including phenoxy) is 1. The second-order valence-corrected chi connectivity index (χ2v) is 9.69. The largest absolute Gasteiger partial charge is 0.374 e. The van der Waals surface area contributed by atoms with Gasteiger partial charge in [0, 0.05) is 4.83 Å². The van der Waals surface area contributed by atoms with Crippen LogP contribution in [-0.4, -0.2) is 48.7 Å². The summed E-state index contributed by atoms with van der Waals surface area (Å²) in [5, 5.41) is 0. The first kappa shape index (κ1) is 18.1. The number of nitrogens with zero attached hydrogens (tertiary/aromatic N) is 1. The Morgan fingerprint density at radius 1 is 1.13 bits per heavy atom. The van der Waals surface area contributed by atoms with Crippen LogP contribution in [0.1, 0.15) is 57.8 Å². The molecule has 0 spiro atoms. The molecule has 0 amide bonds. The molecule has 3 rings (SSSR count). The molecule has 1 aliphatic heterocycles. The van der Waals surface area contributed by atoms with Crippen LogP contribution in [0, 0.1) is 17.8 Å². The number of rotatable bonds is 5. The zero-order chi connectivity index (χ0) is 16.4. The summed E-state index contributed by atoms with van der Waals surface area (Å²) < 4.78 is 20.3. The van der Waals surface area contributed by atoms with E-state index >= 15 is 0 Å². The molecule has 1 saturated heterocycles. The molecule has 0 radical (unpaired) electrons. The van der Waals surface area contributed by atoms with Crippen LogP contribution < -0.4 is 0 Å². The topological polar surface area (TPSA) is 12.5 Å². The third-order valence-corrected chi connectivity index (χ3v) is 7.46. The molecular weight excluding hydrogens is 357 g/mol. The summed E-state index contributed by atoms with van der Waals surface area (Å²) >= 11 is 3.83. The van der Waals surface area contributed by atoms with E-state index in [-0.39, 0.29) is 5.60 Å². The molecule has 4 unspecified atom stereocenters. The Balaban J connectivity index is 1.73.